The van der Waals surface area contributed by atoms with Gasteiger partial charge in [0.2, 0.25) is 0 Å². The van der Waals surface area contributed by atoms with Gasteiger partial charge in [-0.15, -0.1) is 0 Å². The van der Waals surface area contributed by atoms with Crippen LogP contribution in [0, 0.1) is 11.6 Å². The molecule has 0 fully saturated rings. The van der Waals surface area contributed by atoms with Gasteiger partial charge in [0, 0.05) is 5.39 Å². The van der Waals surface area contributed by atoms with Crippen LogP contribution in [0.5, 0.6) is 0 Å². The Bertz CT molecular complexity index is 751. The van der Waals surface area contributed by atoms with Crippen molar-refractivity contribution in [3.05, 3.63) is 71.5 Å². The van der Waals surface area contributed by atoms with Gasteiger partial charge in [0.25, 0.3) is 0 Å². The number of benzene rings is 2. The molecular weight excluding hydrogens is 260 g/mol. The van der Waals surface area contributed by atoms with Gasteiger partial charge in [-0.1, -0.05) is 12.1 Å². The van der Waals surface area contributed by atoms with Crippen molar-refractivity contribution in [2.75, 3.05) is 7.05 Å². The molecule has 3 rings (SSSR count). The first-order chi connectivity index (χ1) is 9.67. The highest BCUT2D eigenvalue weighted by Crippen LogP contribution is 2.28. The molecule has 1 heterocycles. The summed E-state index contributed by atoms with van der Waals surface area (Å²) in [6.45, 7) is 0. The molecule has 1 atom stereocenters. The van der Waals surface area contributed by atoms with Crippen LogP contribution in [0.3, 0.4) is 0 Å². The van der Waals surface area contributed by atoms with Gasteiger partial charge in [0.1, 0.15) is 23.0 Å². The van der Waals surface area contributed by atoms with E-state index in [9.17, 15) is 8.78 Å². The monoisotopic (exact) mass is 273 g/mol. The highest BCUT2D eigenvalue weighted by molar-refractivity contribution is 5.78. The maximum Gasteiger partial charge on any atom is 0.134 e. The Morgan fingerprint density at radius 3 is 2.55 bits per heavy atom. The molecule has 0 saturated heterocycles. The Balaban J connectivity index is 2.07. The van der Waals surface area contributed by atoms with Crippen LogP contribution >= 0.6 is 0 Å². The van der Waals surface area contributed by atoms with E-state index in [-0.39, 0.29) is 17.7 Å². The van der Waals surface area contributed by atoms with Crippen molar-refractivity contribution in [1.29, 1.82) is 0 Å². The third-order valence-electron chi connectivity index (χ3n) is 3.25. The third kappa shape index (κ3) is 2.30. The highest BCUT2D eigenvalue weighted by atomic mass is 19.1. The van der Waals surface area contributed by atoms with Gasteiger partial charge in [-0.2, -0.15) is 0 Å². The van der Waals surface area contributed by atoms with Crippen LogP contribution in [0.2, 0.25) is 0 Å². The van der Waals surface area contributed by atoms with Crippen molar-refractivity contribution in [3.63, 3.8) is 0 Å². The summed E-state index contributed by atoms with van der Waals surface area (Å²) < 4.78 is 32.2. The topological polar surface area (TPSA) is 25.2 Å². The predicted octanol–water partition coefficient (Wildman–Crippen LogP) is 4.02. The first-order valence-corrected chi connectivity index (χ1v) is 6.29. The molecule has 0 amide bonds. The molecule has 0 spiro atoms. The van der Waals surface area contributed by atoms with Crippen LogP contribution in [0.4, 0.5) is 8.78 Å². The minimum atomic E-state index is -0.309. The van der Waals surface area contributed by atoms with Crippen LogP contribution in [0.1, 0.15) is 17.4 Å². The van der Waals surface area contributed by atoms with Gasteiger partial charge < -0.3 is 9.73 Å². The maximum absolute atomic E-state index is 13.3. The van der Waals surface area contributed by atoms with Gasteiger partial charge in [0.15, 0.2) is 0 Å². The third-order valence-corrected chi connectivity index (χ3v) is 3.25. The molecule has 4 heteroatoms. The summed E-state index contributed by atoms with van der Waals surface area (Å²) in [5.74, 6) is 0.0141. The van der Waals surface area contributed by atoms with E-state index in [0.717, 1.165) is 5.56 Å². The lowest BCUT2D eigenvalue weighted by Crippen LogP contribution is -2.17. The van der Waals surface area contributed by atoms with E-state index >= 15 is 0 Å². The molecule has 0 saturated carbocycles. The normalized spacial score (nSPS) is 12.8. The summed E-state index contributed by atoms with van der Waals surface area (Å²) in [4.78, 5) is 0. The molecule has 0 aliphatic carbocycles. The number of hydrogen-bond donors (Lipinski definition) is 1. The molecule has 3 aromatic rings. The molecule has 1 aromatic heterocycles. The average molecular weight is 273 g/mol. The quantitative estimate of drug-likeness (QED) is 0.779. The molecule has 0 aliphatic heterocycles. The van der Waals surface area contributed by atoms with Crippen molar-refractivity contribution in [2.24, 2.45) is 0 Å². The highest BCUT2D eigenvalue weighted by Gasteiger charge is 2.17. The summed E-state index contributed by atoms with van der Waals surface area (Å²) in [7, 11) is 1.77. The lowest BCUT2D eigenvalue weighted by Gasteiger charge is -2.13. The first kappa shape index (κ1) is 12.8. The van der Waals surface area contributed by atoms with Crippen LogP contribution in [0.15, 0.2) is 52.9 Å². The van der Waals surface area contributed by atoms with E-state index < -0.39 is 0 Å². The van der Waals surface area contributed by atoms with E-state index in [2.05, 4.69) is 5.32 Å². The van der Waals surface area contributed by atoms with E-state index in [0.29, 0.717) is 16.7 Å². The van der Waals surface area contributed by atoms with Gasteiger partial charge in [-0.3, -0.25) is 0 Å². The van der Waals surface area contributed by atoms with Gasteiger partial charge >= 0.3 is 0 Å². The molecule has 1 unspecified atom stereocenters. The Morgan fingerprint density at radius 2 is 1.80 bits per heavy atom. The first-order valence-electron chi connectivity index (χ1n) is 6.29. The van der Waals surface area contributed by atoms with Gasteiger partial charge in [-0.05, 0) is 49.0 Å². The lowest BCUT2D eigenvalue weighted by atomic mass is 10.0. The Labute approximate surface area is 115 Å². The second kappa shape index (κ2) is 5.06. The SMILES string of the molecule is CNC(c1cccc(F)c1)c1cc2cc(F)ccc2o1. The number of halogens is 2. The van der Waals surface area contributed by atoms with Gasteiger partial charge in [-0.25, -0.2) is 8.78 Å². The van der Waals surface area contributed by atoms with Crippen molar-refractivity contribution in [2.45, 2.75) is 6.04 Å². The number of furan rings is 1. The lowest BCUT2D eigenvalue weighted by molar-refractivity contribution is 0.489. The zero-order valence-electron chi connectivity index (χ0n) is 10.9. The molecule has 0 radical (unpaired) electrons. The zero-order valence-corrected chi connectivity index (χ0v) is 10.9. The maximum atomic E-state index is 13.3. The van der Waals surface area contributed by atoms with E-state index in [1.54, 1.807) is 25.2 Å². The van der Waals surface area contributed by atoms with Crippen molar-refractivity contribution in [1.82, 2.24) is 5.32 Å². The fourth-order valence-corrected chi connectivity index (χ4v) is 2.34. The molecule has 20 heavy (non-hydrogen) atoms. The van der Waals surface area contributed by atoms with Gasteiger partial charge in [0.05, 0.1) is 6.04 Å². The molecule has 2 aromatic carbocycles. The van der Waals surface area contributed by atoms with E-state index in [1.165, 1.54) is 24.3 Å². The van der Waals surface area contributed by atoms with Crippen molar-refractivity contribution >= 4 is 11.0 Å². The number of rotatable bonds is 3. The zero-order chi connectivity index (χ0) is 14.1. The summed E-state index contributed by atoms with van der Waals surface area (Å²) in [5, 5.41) is 3.77. The number of hydrogen-bond acceptors (Lipinski definition) is 2. The van der Waals surface area contributed by atoms with E-state index in [4.69, 9.17) is 4.42 Å². The number of nitrogens with one attached hydrogen (secondary N) is 1. The standard InChI is InChI=1S/C16H13F2NO/c1-19-16(10-3-2-4-12(17)7-10)15-9-11-8-13(18)5-6-14(11)20-15/h2-9,16,19H,1H3. The van der Waals surface area contributed by atoms with Crippen LogP contribution in [-0.4, -0.2) is 7.05 Å². The van der Waals surface area contributed by atoms with Crippen LogP contribution < -0.4 is 5.32 Å². The smallest absolute Gasteiger partial charge is 0.134 e. The average Bonchev–Trinajstić information content (AvgIpc) is 2.82. The largest absolute Gasteiger partial charge is 0.459 e. The Morgan fingerprint density at radius 1 is 1.00 bits per heavy atom. The van der Waals surface area contributed by atoms with Crippen molar-refractivity contribution in [3.8, 4) is 0 Å². The molecule has 0 bridgehead atoms. The summed E-state index contributed by atoms with van der Waals surface area (Å²) >= 11 is 0. The van der Waals surface area contributed by atoms with Crippen molar-refractivity contribution < 1.29 is 13.2 Å². The molecule has 1 N–H and O–H groups in total. The molecular formula is C16H13F2NO. The molecule has 102 valence electrons. The molecule has 0 aliphatic rings. The summed E-state index contributed by atoms with van der Waals surface area (Å²) in [6.07, 6.45) is 0. The Kier molecular flexibility index (Phi) is 3.24. The van der Waals surface area contributed by atoms with Crippen LogP contribution in [0.25, 0.3) is 11.0 Å². The Hall–Kier alpha value is -2.20. The second-order valence-corrected chi connectivity index (χ2v) is 4.61. The fraction of sp³-hybridized carbons (Fsp3) is 0.125. The fourth-order valence-electron chi connectivity index (χ4n) is 2.34. The minimum absolute atomic E-state index is 0.277. The predicted molar refractivity (Wildman–Crippen MR) is 73.5 cm³/mol. The summed E-state index contributed by atoms with van der Waals surface area (Å²) in [5.41, 5.74) is 1.37. The number of fused-ring (bicyclic) bond motifs is 1. The van der Waals surface area contributed by atoms with Crippen LogP contribution in [-0.2, 0) is 0 Å². The second-order valence-electron chi connectivity index (χ2n) is 4.61. The minimum Gasteiger partial charge on any atom is -0.459 e. The summed E-state index contributed by atoms with van der Waals surface area (Å²) in [6, 6.07) is 12.2. The van der Waals surface area contributed by atoms with E-state index in [1.807, 2.05) is 6.07 Å². The molecule has 2 nitrogen and oxygen atoms in total.